The van der Waals surface area contributed by atoms with E-state index in [1.807, 2.05) is 18.2 Å². The Labute approximate surface area is 208 Å². The normalized spacial score (nSPS) is 40.5. The maximum atomic E-state index is 13.5. The average molecular weight is 479 g/mol. The third kappa shape index (κ3) is 3.98. The minimum Gasteiger partial charge on any atom is -0.387 e. The van der Waals surface area contributed by atoms with Crippen LogP contribution in [0.3, 0.4) is 0 Å². The number of fused-ring (bicyclic) bond motifs is 6. The first-order chi connectivity index (χ1) is 16.9. The first-order valence-electron chi connectivity index (χ1n) is 13.8. The van der Waals surface area contributed by atoms with Crippen molar-refractivity contribution in [3.8, 4) is 0 Å². The third-order valence-corrected chi connectivity index (χ3v) is 10.8. The molecule has 0 spiro atoms. The lowest BCUT2D eigenvalue weighted by Crippen LogP contribution is -2.52. The first kappa shape index (κ1) is 23.4. The molecule has 3 unspecified atom stereocenters. The molecular weight excluding hydrogens is 439 g/mol. The molecule has 8 atom stereocenters. The van der Waals surface area contributed by atoms with Crippen molar-refractivity contribution in [2.24, 2.45) is 40.9 Å². The summed E-state index contributed by atoms with van der Waals surface area (Å²) in [6, 6.07) is 10.1. The molecule has 4 nitrogen and oxygen atoms in total. The highest BCUT2D eigenvalue weighted by Crippen LogP contribution is 2.64. The molecule has 4 fully saturated rings. The van der Waals surface area contributed by atoms with Gasteiger partial charge in [0.25, 0.3) is 0 Å². The Bertz CT molecular complexity index is 1110. The second-order valence-corrected chi connectivity index (χ2v) is 12.4. The summed E-state index contributed by atoms with van der Waals surface area (Å²) >= 11 is 0. The van der Waals surface area contributed by atoms with E-state index in [4.69, 9.17) is 0 Å². The number of alkyl halides is 1. The topological polar surface area (TPSA) is 62.2 Å². The molecule has 2 aromatic rings. The fourth-order valence-electron chi connectivity index (χ4n) is 9.11. The molecule has 0 amide bonds. The van der Waals surface area contributed by atoms with Crippen molar-refractivity contribution in [3.05, 3.63) is 36.5 Å². The van der Waals surface area contributed by atoms with Gasteiger partial charge in [-0.3, -0.25) is 9.78 Å². The summed E-state index contributed by atoms with van der Waals surface area (Å²) in [6.07, 6.45) is 10.9. The number of Topliss-reactive ketones (excluding diaryl/α,β-unsaturated/α-hetero) is 1. The number of rotatable bonds is 5. The van der Waals surface area contributed by atoms with Gasteiger partial charge in [-0.15, -0.1) is 0 Å². The Kier molecular flexibility index (Phi) is 5.90. The van der Waals surface area contributed by atoms with Crippen LogP contribution in [0.1, 0.15) is 64.7 Å². The highest BCUT2D eigenvalue weighted by Gasteiger charge is 2.58. The molecule has 0 saturated heterocycles. The molecule has 6 rings (SSSR count). The van der Waals surface area contributed by atoms with Gasteiger partial charge in [-0.2, -0.15) is 0 Å². The SMILES string of the molecule is C[C@]12CCC3C(CC[C@@H]4C[C@@](O)(CF)CC[C@H]34)C1CC[C@@H]2C(=O)CNc1ccc2ncccc2c1. The Hall–Kier alpha value is -2.01. The van der Waals surface area contributed by atoms with Gasteiger partial charge in [0.05, 0.1) is 17.7 Å². The van der Waals surface area contributed by atoms with Gasteiger partial charge in [0.2, 0.25) is 0 Å². The lowest BCUT2D eigenvalue weighted by molar-refractivity contribution is -0.132. The van der Waals surface area contributed by atoms with Gasteiger partial charge in [0.15, 0.2) is 5.78 Å². The number of hydrogen-bond acceptors (Lipinski definition) is 4. The summed E-state index contributed by atoms with van der Waals surface area (Å²) in [6.45, 7) is 2.19. The van der Waals surface area contributed by atoms with E-state index in [2.05, 4.69) is 29.4 Å². The number of nitrogens with one attached hydrogen (secondary N) is 1. The van der Waals surface area contributed by atoms with E-state index in [9.17, 15) is 14.3 Å². The zero-order valence-corrected chi connectivity index (χ0v) is 20.9. The van der Waals surface area contributed by atoms with E-state index < -0.39 is 12.3 Å². The van der Waals surface area contributed by atoms with Crippen molar-refractivity contribution in [1.29, 1.82) is 0 Å². The van der Waals surface area contributed by atoms with Gasteiger partial charge in [0, 0.05) is 23.2 Å². The van der Waals surface area contributed by atoms with Gasteiger partial charge in [0.1, 0.15) is 6.67 Å². The van der Waals surface area contributed by atoms with Crippen LogP contribution in [0, 0.1) is 40.9 Å². The van der Waals surface area contributed by atoms with Crippen molar-refractivity contribution >= 4 is 22.4 Å². The van der Waals surface area contributed by atoms with Crippen LogP contribution in [-0.4, -0.2) is 34.7 Å². The van der Waals surface area contributed by atoms with E-state index in [1.54, 1.807) is 6.20 Å². The summed E-state index contributed by atoms with van der Waals surface area (Å²) in [5.41, 5.74) is 0.978. The van der Waals surface area contributed by atoms with Crippen LogP contribution in [0.4, 0.5) is 10.1 Å². The van der Waals surface area contributed by atoms with Crippen molar-refractivity contribution in [1.82, 2.24) is 4.98 Å². The molecule has 0 aliphatic heterocycles. The molecule has 4 aliphatic carbocycles. The molecule has 1 heterocycles. The van der Waals surface area contributed by atoms with E-state index in [-0.39, 0.29) is 11.3 Å². The molecule has 4 aliphatic rings. The molecule has 1 aromatic carbocycles. The number of carbonyl (C=O) groups is 1. The number of hydrogen-bond donors (Lipinski definition) is 2. The number of benzene rings is 1. The maximum Gasteiger partial charge on any atom is 0.155 e. The highest BCUT2D eigenvalue weighted by molar-refractivity contribution is 5.87. The van der Waals surface area contributed by atoms with E-state index >= 15 is 0 Å². The monoisotopic (exact) mass is 478 g/mol. The Morgan fingerprint density at radius 1 is 1.09 bits per heavy atom. The Balaban J connectivity index is 1.12. The highest BCUT2D eigenvalue weighted by atomic mass is 19.1. The minimum absolute atomic E-state index is 0.106. The zero-order chi connectivity index (χ0) is 24.2. The Morgan fingerprint density at radius 2 is 1.94 bits per heavy atom. The lowest BCUT2D eigenvalue weighted by Gasteiger charge is -2.57. The van der Waals surface area contributed by atoms with Crippen molar-refractivity contribution in [2.75, 3.05) is 18.5 Å². The molecule has 0 radical (unpaired) electrons. The van der Waals surface area contributed by atoms with Gasteiger partial charge in [-0.05, 0) is 117 Å². The largest absolute Gasteiger partial charge is 0.387 e. The third-order valence-electron chi connectivity index (χ3n) is 10.8. The Morgan fingerprint density at radius 3 is 2.80 bits per heavy atom. The molecule has 4 saturated carbocycles. The summed E-state index contributed by atoms with van der Waals surface area (Å²) in [4.78, 5) is 17.9. The molecule has 35 heavy (non-hydrogen) atoms. The standard InChI is InChI=1S/C30H39FN2O2/c1-29-12-10-23-22-11-13-30(35,18-31)16-20(22)4-6-24(23)25(29)7-8-26(29)28(34)17-33-21-5-9-27-19(15-21)3-2-14-32-27/h2-3,5,9,14-15,20,22-26,33,35H,4,6-8,10-13,16-18H2,1H3/t20-,22+,23?,24?,25?,26-,29+,30-/m1/s1. The van der Waals surface area contributed by atoms with E-state index in [0.29, 0.717) is 54.8 Å². The summed E-state index contributed by atoms with van der Waals surface area (Å²) < 4.78 is 13.5. The average Bonchev–Trinajstić information content (AvgIpc) is 3.24. The molecule has 0 bridgehead atoms. The van der Waals surface area contributed by atoms with Crippen LogP contribution in [-0.2, 0) is 4.79 Å². The molecule has 5 heteroatoms. The summed E-state index contributed by atoms with van der Waals surface area (Å²) in [5, 5.41) is 15.0. The smallest absolute Gasteiger partial charge is 0.155 e. The van der Waals surface area contributed by atoms with Crippen LogP contribution < -0.4 is 5.32 Å². The predicted octanol–water partition coefficient (Wildman–Crippen LogP) is 6.19. The molecule has 188 valence electrons. The maximum absolute atomic E-state index is 13.5. The van der Waals surface area contributed by atoms with Crippen molar-refractivity contribution < 1.29 is 14.3 Å². The number of aromatic nitrogens is 1. The number of anilines is 1. The van der Waals surface area contributed by atoms with Crippen molar-refractivity contribution in [2.45, 2.75) is 70.3 Å². The van der Waals surface area contributed by atoms with Gasteiger partial charge in [-0.25, -0.2) is 4.39 Å². The van der Waals surface area contributed by atoms with Crippen LogP contribution in [0.15, 0.2) is 36.5 Å². The summed E-state index contributed by atoms with van der Waals surface area (Å²) in [5.74, 6) is 3.66. The van der Waals surface area contributed by atoms with E-state index in [0.717, 1.165) is 42.3 Å². The quantitative estimate of drug-likeness (QED) is 0.538. The molecule has 1 aromatic heterocycles. The lowest BCUT2D eigenvalue weighted by atomic mass is 9.49. The van der Waals surface area contributed by atoms with Gasteiger partial charge >= 0.3 is 0 Å². The second kappa shape index (κ2) is 8.83. The summed E-state index contributed by atoms with van der Waals surface area (Å²) in [7, 11) is 0. The molecule has 2 N–H and O–H groups in total. The van der Waals surface area contributed by atoms with Crippen LogP contribution in [0.25, 0.3) is 10.9 Å². The minimum atomic E-state index is -1.07. The zero-order valence-electron chi connectivity index (χ0n) is 20.9. The fourth-order valence-corrected chi connectivity index (χ4v) is 9.11. The molecular formula is C30H39FN2O2. The number of aliphatic hydroxyl groups is 1. The number of nitrogens with zero attached hydrogens (tertiary/aromatic N) is 1. The van der Waals surface area contributed by atoms with Crippen LogP contribution in [0.2, 0.25) is 0 Å². The van der Waals surface area contributed by atoms with Gasteiger partial charge in [-0.1, -0.05) is 13.0 Å². The van der Waals surface area contributed by atoms with Crippen molar-refractivity contribution in [3.63, 3.8) is 0 Å². The van der Waals surface area contributed by atoms with Crippen LogP contribution in [0.5, 0.6) is 0 Å². The van der Waals surface area contributed by atoms with Gasteiger partial charge < -0.3 is 10.4 Å². The fraction of sp³-hybridized carbons (Fsp3) is 0.667. The number of halogens is 1. The first-order valence-corrected chi connectivity index (χ1v) is 13.8. The predicted molar refractivity (Wildman–Crippen MR) is 137 cm³/mol. The number of pyridine rings is 1. The van der Waals surface area contributed by atoms with Crippen LogP contribution >= 0.6 is 0 Å². The van der Waals surface area contributed by atoms with E-state index in [1.165, 1.54) is 19.3 Å². The number of carbonyl (C=O) groups excluding carboxylic acids is 1. The number of ketones is 1. The second-order valence-electron chi connectivity index (χ2n) is 12.4.